The van der Waals surface area contributed by atoms with Crippen LogP contribution < -0.4 is 4.74 Å². The Balaban J connectivity index is 1.21. The van der Waals surface area contributed by atoms with Crippen LogP contribution in [-0.2, 0) is 11.3 Å². The van der Waals surface area contributed by atoms with Gasteiger partial charge in [0, 0.05) is 48.4 Å². The summed E-state index contributed by atoms with van der Waals surface area (Å²) in [7, 11) is 0. The summed E-state index contributed by atoms with van der Waals surface area (Å²) < 4.78 is 8.16. The molecule has 0 atom stereocenters. The van der Waals surface area contributed by atoms with Crippen LogP contribution in [0.2, 0.25) is 0 Å². The zero-order chi connectivity index (χ0) is 19.6. The molecule has 0 bridgehead atoms. The van der Waals surface area contributed by atoms with Crippen LogP contribution in [0, 0.1) is 0 Å². The Bertz CT molecular complexity index is 1160. The fourth-order valence-electron chi connectivity index (χ4n) is 3.99. The highest BCUT2D eigenvalue weighted by Crippen LogP contribution is 2.25. The van der Waals surface area contributed by atoms with Crippen LogP contribution in [0.1, 0.15) is 12.8 Å². The number of likely N-dealkylation sites (tertiary alicyclic amines) is 1. The van der Waals surface area contributed by atoms with Gasteiger partial charge in [-0.25, -0.2) is 0 Å². The first-order valence-electron chi connectivity index (χ1n) is 9.97. The van der Waals surface area contributed by atoms with E-state index in [9.17, 15) is 4.79 Å². The fourth-order valence-corrected chi connectivity index (χ4v) is 3.99. The van der Waals surface area contributed by atoms with Gasteiger partial charge >= 0.3 is 0 Å². The summed E-state index contributed by atoms with van der Waals surface area (Å²) in [4.78, 5) is 14.7. The number of rotatable bonds is 4. The number of aromatic nitrogens is 3. The second-order valence-electron chi connectivity index (χ2n) is 7.44. The van der Waals surface area contributed by atoms with E-state index in [-0.39, 0.29) is 12.0 Å². The minimum atomic E-state index is 0.0477. The monoisotopic (exact) mass is 386 g/mol. The van der Waals surface area contributed by atoms with E-state index in [1.165, 1.54) is 0 Å². The van der Waals surface area contributed by atoms with Crippen molar-refractivity contribution in [3.05, 3.63) is 67.0 Å². The summed E-state index contributed by atoms with van der Waals surface area (Å²) in [6.07, 6.45) is 5.37. The van der Waals surface area contributed by atoms with E-state index < -0.39 is 0 Å². The number of fused-ring (bicyclic) bond motifs is 2. The Morgan fingerprint density at radius 3 is 2.62 bits per heavy atom. The molecule has 0 aliphatic carbocycles. The Labute approximate surface area is 168 Å². The fraction of sp³-hybridized carbons (Fsp3) is 0.261. The van der Waals surface area contributed by atoms with E-state index in [0.29, 0.717) is 25.5 Å². The van der Waals surface area contributed by atoms with Gasteiger partial charge in [-0.3, -0.25) is 4.79 Å². The molecular weight excluding hydrogens is 364 g/mol. The van der Waals surface area contributed by atoms with Crippen molar-refractivity contribution in [1.82, 2.24) is 19.7 Å². The smallest absolute Gasteiger partial charge is 0.242 e. The van der Waals surface area contributed by atoms with E-state index in [4.69, 9.17) is 4.74 Å². The van der Waals surface area contributed by atoms with Crippen molar-refractivity contribution in [2.24, 2.45) is 0 Å². The van der Waals surface area contributed by atoms with E-state index in [2.05, 4.69) is 16.3 Å². The van der Waals surface area contributed by atoms with Crippen LogP contribution in [0.3, 0.4) is 0 Å². The first-order chi connectivity index (χ1) is 14.3. The Morgan fingerprint density at radius 1 is 1.00 bits per heavy atom. The number of carbonyl (C=O) groups excluding carboxylic acids is 1. The molecule has 1 amide bonds. The van der Waals surface area contributed by atoms with Gasteiger partial charge in [-0.2, -0.15) is 5.10 Å². The third-order valence-corrected chi connectivity index (χ3v) is 5.60. The second-order valence-corrected chi connectivity index (χ2v) is 7.44. The molecule has 0 spiro atoms. The van der Waals surface area contributed by atoms with Crippen LogP contribution in [0.5, 0.6) is 5.88 Å². The maximum Gasteiger partial charge on any atom is 0.242 e. The van der Waals surface area contributed by atoms with Crippen LogP contribution in [0.15, 0.2) is 67.0 Å². The molecule has 4 aromatic rings. The molecule has 1 aliphatic rings. The van der Waals surface area contributed by atoms with Crippen molar-refractivity contribution >= 4 is 27.6 Å². The number of benzene rings is 2. The zero-order valence-electron chi connectivity index (χ0n) is 16.1. The summed E-state index contributed by atoms with van der Waals surface area (Å²) in [6.45, 7) is 1.76. The molecule has 1 aliphatic heterocycles. The lowest BCUT2D eigenvalue weighted by molar-refractivity contribution is -0.133. The molecule has 146 valence electrons. The minimum Gasteiger partial charge on any atom is -0.473 e. The molecule has 0 radical (unpaired) electrons. The Kier molecular flexibility index (Phi) is 4.60. The van der Waals surface area contributed by atoms with Gasteiger partial charge < -0.3 is 14.2 Å². The van der Waals surface area contributed by atoms with Crippen molar-refractivity contribution < 1.29 is 9.53 Å². The van der Waals surface area contributed by atoms with Crippen molar-refractivity contribution in [3.63, 3.8) is 0 Å². The standard InChI is InChI=1S/C23H22N4O2/c28-22(16-27-12-9-17-5-2-4-8-21(17)27)26-13-10-19(11-14-26)29-23-20-7-3-1-6-18(20)15-24-25-23/h1-9,12,15,19H,10-11,13-14,16H2. The van der Waals surface area contributed by atoms with Gasteiger partial charge in [-0.1, -0.05) is 36.4 Å². The number of carbonyl (C=O) groups is 1. The molecular formula is C23H22N4O2. The highest BCUT2D eigenvalue weighted by Gasteiger charge is 2.25. The molecule has 2 aromatic carbocycles. The molecule has 3 heterocycles. The quantitative estimate of drug-likeness (QED) is 0.537. The van der Waals surface area contributed by atoms with Crippen LogP contribution in [-0.4, -0.2) is 44.8 Å². The largest absolute Gasteiger partial charge is 0.473 e. The lowest BCUT2D eigenvalue weighted by atomic mass is 10.1. The van der Waals surface area contributed by atoms with E-state index >= 15 is 0 Å². The van der Waals surface area contributed by atoms with E-state index in [0.717, 1.165) is 34.5 Å². The summed E-state index contributed by atoms with van der Waals surface area (Å²) in [5, 5.41) is 11.4. The maximum atomic E-state index is 12.8. The van der Waals surface area contributed by atoms with E-state index in [1.807, 2.05) is 64.2 Å². The van der Waals surface area contributed by atoms with Gasteiger partial charge in [-0.15, -0.1) is 5.10 Å². The normalized spacial score (nSPS) is 15.1. The number of ether oxygens (including phenoxy) is 1. The SMILES string of the molecule is O=C(Cn1ccc2ccccc21)N1CCC(Oc2nncc3ccccc23)CC1. The summed E-state index contributed by atoms with van der Waals surface area (Å²) in [5.74, 6) is 0.724. The number of amides is 1. The number of hydrogen-bond donors (Lipinski definition) is 0. The molecule has 1 saturated heterocycles. The zero-order valence-corrected chi connectivity index (χ0v) is 16.1. The highest BCUT2D eigenvalue weighted by atomic mass is 16.5. The highest BCUT2D eigenvalue weighted by molar-refractivity contribution is 5.86. The predicted molar refractivity (Wildman–Crippen MR) is 112 cm³/mol. The van der Waals surface area contributed by atoms with Crippen molar-refractivity contribution in [1.29, 1.82) is 0 Å². The number of hydrogen-bond acceptors (Lipinski definition) is 4. The third kappa shape index (κ3) is 3.53. The van der Waals surface area contributed by atoms with Crippen LogP contribution in [0.4, 0.5) is 0 Å². The second kappa shape index (κ2) is 7.54. The first kappa shape index (κ1) is 17.7. The molecule has 5 rings (SSSR count). The van der Waals surface area contributed by atoms with Crippen molar-refractivity contribution in [2.75, 3.05) is 13.1 Å². The van der Waals surface area contributed by atoms with Crippen LogP contribution >= 0.6 is 0 Å². The molecule has 6 heteroatoms. The molecule has 0 saturated carbocycles. The van der Waals surface area contributed by atoms with Crippen LogP contribution in [0.25, 0.3) is 21.7 Å². The third-order valence-electron chi connectivity index (χ3n) is 5.60. The molecule has 0 unspecified atom stereocenters. The Morgan fingerprint density at radius 2 is 1.76 bits per heavy atom. The number of para-hydroxylation sites is 1. The maximum absolute atomic E-state index is 12.8. The Hall–Kier alpha value is -3.41. The summed E-state index contributed by atoms with van der Waals surface area (Å²) in [5.41, 5.74) is 1.09. The molecule has 1 fully saturated rings. The lowest BCUT2D eigenvalue weighted by Gasteiger charge is -2.32. The molecule has 29 heavy (non-hydrogen) atoms. The topological polar surface area (TPSA) is 60.2 Å². The first-order valence-corrected chi connectivity index (χ1v) is 9.97. The van der Waals surface area contributed by atoms with Gasteiger partial charge in [0.2, 0.25) is 11.8 Å². The average Bonchev–Trinajstić information content (AvgIpc) is 3.17. The number of nitrogens with zero attached hydrogens (tertiary/aromatic N) is 4. The number of piperidine rings is 1. The van der Waals surface area contributed by atoms with Crippen molar-refractivity contribution in [3.8, 4) is 5.88 Å². The van der Waals surface area contributed by atoms with Gasteiger partial charge in [-0.05, 0) is 23.6 Å². The minimum absolute atomic E-state index is 0.0477. The summed E-state index contributed by atoms with van der Waals surface area (Å²) >= 11 is 0. The lowest BCUT2D eigenvalue weighted by Crippen LogP contribution is -2.43. The molecule has 0 N–H and O–H groups in total. The molecule has 6 nitrogen and oxygen atoms in total. The van der Waals surface area contributed by atoms with Gasteiger partial charge in [0.1, 0.15) is 12.6 Å². The van der Waals surface area contributed by atoms with E-state index in [1.54, 1.807) is 6.20 Å². The van der Waals surface area contributed by atoms with Gasteiger partial charge in [0.25, 0.3) is 0 Å². The van der Waals surface area contributed by atoms with Gasteiger partial charge in [0.15, 0.2) is 0 Å². The van der Waals surface area contributed by atoms with Crippen molar-refractivity contribution in [2.45, 2.75) is 25.5 Å². The summed E-state index contributed by atoms with van der Waals surface area (Å²) in [6, 6.07) is 18.1. The average molecular weight is 386 g/mol. The molecule has 2 aromatic heterocycles. The predicted octanol–water partition coefficient (Wildman–Crippen LogP) is 3.65. The van der Waals surface area contributed by atoms with Gasteiger partial charge in [0.05, 0.1) is 6.20 Å².